The molecule has 6 heteroatoms. The van der Waals surface area contributed by atoms with E-state index in [1.807, 2.05) is 6.33 Å². The number of hydrogen-bond donors (Lipinski definition) is 1. The van der Waals surface area contributed by atoms with Crippen LogP contribution in [0, 0.1) is 6.92 Å². The monoisotopic (exact) mass is 473 g/mol. The van der Waals surface area contributed by atoms with Crippen LogP contribution in [-0.2, 0) is 5.41 Å². The SMILES string of the molecule is CCC(c1nc[nH]c1C)N1CCN(c2cccc3sc(-c4ccc(C(C)(C)C)cc4)nc23)CC1. The molecule has 0 saturated carbocycles. The molecule has 1 fully saturated rings. The highest BCUT2D eigenvalue weighted by atomic mass is 32.1. The average molecular weight is 474 g/mol. The summed E-state index contributed by atoms with van der Waals surface area (Å²) in [6, 6.07) is 15.9. The van der Waals surface area contributed by atoms with Crippen LogP contribution in [-0.4, -0.2) is 46.0 Å². The second-order valence-electron chi connectivity index (χ2n) is 10.3. The van der Waals surface area contributed by atoms with Crippen LogP contribution in [0.25, 0.3) is 20.8 Å². The van der Waals surface area contributed by atoms with E-state index in [-0.39, 0.29) is 5.41 Å². The van der Waals surface area contributed by atoms with Crippen molar-refractivity contribution in [2.24, 2.45) is 0 Å². The number of thiazole rings is 1. The van der Waals surface area contributed by atoms with Crippen molar-refractivity contribution in [1.29, 1.82) is 0 Å². The number of imidazole rings is 1. The lowest BCUT2D eigenvalue weighted by atomic mass is 9.87. The molecule has 0 bridgehead atoms. The molecule has 1 aliphatic heterocycles. The van der Waals surface area contributed by atoms with Crippen LogP contribution in [0.2, 0.25) is 0 Å². The van der Waals surface area contributed by atoms with Gasteiger partial charge in [-0.05, 0) is 36.5 Å². The smallest absolute Gasteiger partial charge is 0.124 e. The number of aromatic amines is 1. The summed E-state index contributed by atoms with van der Waals surface area (Å²) in [4.78, 5) is 18.1. The van der Waals surface area contributed by atoms with Crippen LogP contribution in [0.1, 0.15) is 57.1 Å². The summed E-state index contributed by atoms with van der Waals surface area (Å²) in [6.07, 6.45) is 2.89. The van der Waals surface area contributed by atoms with E-state index >= 15 is 0 Å². The van der Waals surface area contributed by atoms with E-state index in [9.17, 15) is 0 Å². The molecule has 1 aliphatic rings. The molecule has 5 nitrogen and oxygen atoms in total. The molecule has 1 unspecified atom stereocenters. The van der Waals surface area contributed by atoms with Gasteiger partial charge < -0.3 is 9.88 Å². The highest BCUT2D eigenvalue weighted by Gasteiger charge is 2.27. The molecule has 0 spiro atoms. The molecule has 1 atom stereocenters. The highest BCUT2D eigenvalue weighted by molar-refractivity contribution is 7.21. The second-order valence-corrected chi connectivity index (χ2v) is 11.4. The molecule has 0 radical (unpaired) electrons. The first kappa shape index (κ1) is 23.1. The predicted octanol–water partition coefficient (Wildman–Crippen LogP) is 6.57. The van der Waals surface area contributed by atoms with E-state index in [4.69, 9.17) is 4.98 Å². The van der Waals surface area contributed by atoms with Gasteiger partial charge in [0, 0.05) is 37.4 Å². The van der Waals surface area contributed by atoms with Crippen molar-refractivity contribution < 1.29 is 0 Å². The summed E-state index contributed by atoms with van der Waals surface area (Å²) in [5, 5.41) is 1.10. The number of rotatable bonds is 5. The molecule has 1 saturated heterocycles. The lowest BCUT2D eigenvalue weighted by molar-refractivity contribution is 0.177. The van der Waals surface area contributed by atoms with E-state index in [1.165, 1.54) is 32.9 Å². The van der Waals surface area contributed by atoms with Gasteiger partial charge in [0.1, 0.15) is 10.5 Å². The van der Waals surface area contributed by atoms with Gasteiger partial charge in [-0.15, -0.1) is 11.3 Å². The van der Waals surface area contributed by atoms with Crippen molar-refractivity contribution in [3.63, 3.8) is 0 Å². The minimum absolute atomic E-state index is 0.161. The van der Waals surface area contributed by atoms with Crippen molar-refractivity contribution in [2.45, 2.75) is 52.5 Å². The highest BCUT2D eigenvalue weighted by Crippen LogP contribution is 2.37. The quantitative estimate of drug-likeness (QED) is 0.356. The Balaban J connectivity index is 1.36. The Kier molecular flexibility index (Phi) is 6.21. The van der Waals surface area contributed by atoms with Crippen LogP contribution >= 0.6 is 11.3 Å². The number of H-pyrrole nitrogens is 1. The van der Waals surface area contributed by atoms with Crippen LogP contribution in [0.3, 0.4) is 0 Å². The number of fused-ring (bicyclic) bond motifs is 1. The number of nitrogens with zero attached hydrogens (tertiary/aromatic N) is 4. The van der Waals surface area contributed by atoms with E-state index in [0.29, 0.717) is 6.04 Å². The summed E-state index contributed by atoms with van der Waals surface area (Å²) in [5.41, 5.74) is 7.48. The van der Waals surface area contributed by atoms with E-state index in [1.54, 1.807) is 11.3 Å². The number of nitrogens with one attached hydrogen (secondary N) is 1. The molecular formula is C28H35N5S. The number of aryl methyl sites for hydroxylation is 1. The number of para-hydroxylation sites is 1. The maximum atomic E-state index is 5.12. The van der Waals surface area contributed by atoms with Crippen LogP contribution < -0.4 is 4.90 Å². The maximum Gasteiger partial charge on any atom is 0.124 e. The third kappa shape index (κ3) is 4.37. The summed E-state index contributed by atoms with van der Waals surface area (Å²) < 4.78 is 1.26. The minimum Gasteiger partial charge on any atom is -0.367 e. The van der Waals surface area contributed by atoms with Crippen LogP contribution in [0.4, 0.5) is 5.69 Å². The van der Waals surface area contributed by atoms with Crippen molar-refractivity contribution in [1.82, 2.24) is 19.9 Å². The topological polar surface area (TPSA) is 48.1 Å². The summed E-state index contributed by atoms with van der Waals surface area (Å²) in [5.74, 6) is 0. The fraction of sp³-hybridized carbons (Fsp3) is 0.429. The van der Waals surface area contributed by atoms with Gasteiger partial charge in [-0.1, -0.05) is 58.0 Å². The van der Waals surface area contributed by atoms with Gasteiger partial charge in [0.2, 0.25) is 0 Å². The lowest BCUT2D eigenvalue weighted by Gasteiger charge is -2.39. The lowest BCUT2D eigenvalue weighted by Crippen LogP contribution is -2.47. The third-order valence-corrected chi connectivity index (χ3v) is 8.13. The predicted molar refractivity (Wildman–Crippen MR) is 144 cm³/mol. The molecule has 178 valence electrons. The number of hydrogen-bond acceptors (Lipinski definition) is 5. The third-order valence-electron chi connectivity index (χ3n) is 7.06. The van der Waals surface area contributed by atoms with Gasteiger partial charge in [-0.2, -0.15) is 0 Å². The van der Waals surface area contributed by atoms with Gasteiger partial charge in [0.25, 0.3) is 0 Å². The Bertz CT molecular complexity index is 1260. The Hall–Kier alpha value is -2.70. The Labute approximate surface area is 206 Å². The Morgan fingerprint density at radius 1 is 1.03 bits per heavy atom. The molecule has 0 amide bonds. The molecule has 0 aliphatic carbocycles. The minimum atomic E-state index is 0.161. The number of piperazine rings is 1. The standard InChI is InChI=1S/C28H35N5S/c1-6-22(25-19(2)29-18-30-25)32-14-16-33(17-15-32)23-8-7-9-24-26(23)31-27(34-24)20-10-12-21(13-11-20)28(3,4)5/h7-13,18,22H,6,14-17H2,1-5H3,(H,29,30). The molecule has 5 rings (SSSR count). The number of aromatic nitrogens is 3. The fourth-order valence-corrected chi connectivity index (χ4v) is 6.02. The molecule has 2 aromatic carbocycles. The first-order chi connectivity index (χ1) is 16.3. The normalized spacial score (nSPS) is 16.3. The van der Waals surface area contributed by atoms with Crippen molar-refractivity contribution in [3.8, 4) is 10.6 Å². The Morgan fingerprint density at radius 3 is 2.38 bits per heavy atom. The molecular weight excluding hydrogens is 438 g/mol. The first-order valence-corrected chi connectivity index (χ1v) is 13.2. The van der Waals surface area contributed by atoms with Gasteiger partial charge in [-0.25, -0.2) is 9.97 Å². The molecule has 1 N–H and O–H groups in total. The first-order valence-electron chi connectivity index (χ1n) is 12.3. The fourth-order valence-electron chi connectivity index (χ4n) is 5.03. The van der Waals surface area contributed by atoms with Crippen LogP contribution in [0.5, 0.6) is 0 Å². The van der Waals surface area contributed by atoms with Crippen molar-refractivity contribution in [2.75, 3.05) is 31.1 Å². The van der Waals surface area contributed by atoms with Gasteiger partial charge in [0.15, 0.2) is 0 Å². The Morgan fingerprint density at radius 2 is 1.76 bits per heavy atom. The molecule has 4 aromatic rings. The maximum absolute atomic E-state index is 5.12. The van der Waals surface area contributed by atoms with E-state index in [0.717, 1.165) is 43.1 Å². The van der Waals surface area contributed by atoms with E-state index < -0.39 is 0 Å². The average Bonchev–Trinajstić information content (AvgIpc) is 3.46. The number of benzene rings is 2. The zero-order valence-electron chi connectivity index (χ0n) is 20.9. The molecule has 3 heterocycles. The van der Waals surface area contributed by atoms with Gasteiger partial charge >= 0.3 is 0 Å². The van der Waals surface area contributed by atoms with Gasteiger partial charge in [-0.3, -0.25) is 4.90 Å². The molecule has 2 aromatic heterocycles. The van der Waals surface area contributed by atoms with Crippen molar-refractivity contribution >= 4 is 27.2 Å². The van der Waals surface area contributed by atoms with Crippen LogP contribution in [0.15, 0.2) is 48.8 Å². The number of anilines is 1. The second kappa shape index (κ2) is 9.16. The zero-order valence-corrected chi connectivity index (χ0v) is 21.7. The summed E-state index contributed by atoms with van der Waals surface area (Å²) >= 11 is 1.79. The van der Waals surface area contributed by atoms with E-state index in [2.05, 4.69) is 96.9 Å². The van der Waals surface area contributed by atoms with Crippen molar-refractivity contribution in [3.05, 3.63) is 65.7 Å². The summed E-state index contributed by atoms with van der Waals surface area (Å²) in [6.45, 7) is 15.2. The zero-order chi connectivity index (χ0) is 23.9. The molecule has 34 heavy (non-hydrogen) atoms. The summed E-state index contributed by atoms with van der Waals surface area (Å²) in [7, 11) is 0. The van der Waals surface area contributed by atoms with Gasteiger partial charge in [0.05, 0.1) is 28.5 Å². The largest absolute Gasteiger partial charge is 0.367 e.